The lowest BCUT2D eigenvalue weighted by Gasteiger charge is -2.42. The van der Waals surface area contributed by atoms with Crippen LogP contribution in [0.1, 0.15) is 95.0 Å². The van der Waals surface area contributed by atoms with Crippen LogP contribution in [0.4, 0.5) is 5.69 Å². The highest BCUT2D eigenvalue weighted by Crippen LogP contribution is 2.46. The molecule has 0 aliphatic heterocycles. The first-order valence-electron chi connectivity index (χ1n) is 14.2. The standard InChI is InChI=1S/C35H36Cl2N2O3/c1-21-16-27-28(35(4,5)15-14-34(27,2)3)18-23(21)17-25-12-13-31(42-25)33(41)39-30-9-7-6-8-26(30)32(40)38-20-22-10-11-24(36)19-29(22)37/h6-13,16,18-19H,14-15,17,20H2,1-5H3,(H,38,40)(H,39,41). The first-order chi connectivity index (χ1) is 19.8. The van der Waals surface area contributed by atoms with Gasteiger partial charge < -0.3 is 15.1 Å². The van der Waals surface area contributed by atoms with Crippen molar-refractivity contribution in [1.82, 2.24) is 5.32 Å². The smallest absolute Gasteiger partial charge is 0.291 e. The van der Waals surface area contributed by atoms with Gasteiger partial charge in [-0.15, -0.1) is 0 Å². The number of amides is 2. The zero-order valence-corrected chi connectivity index (χ0v) is 26.2. The summed E-state index contributed by atoms with van der Waals surface area (Å²) in [6.07, 6.45) is 2.91. The third-order valence-electron chi connectivity index (χ3n) is 8.43. The molecule has 4 aromatic rings. The van der Waals surface area contributed by atoms with Crippen molar-refractivity contribution in [3.05, 3.63) is 122 Å². The quantitative estimate of drug-likeness (QED) is 0.222. The molecule has 218 valence electrons. The van der Waals surface area contributed by atoms with E-state index in [2.05, 4.69) is 57.4 Å². The fraction of sp³-hybridized carbons (Fsp3) is 0.314. The Labute approximate surface area is 257 Å². The molecule has 0 bridgehead atoms. The lowest BCUT2D eigenvalue weighted by atomic mass is 9.62. The lowest BCUT2D eigenvalue weighted by Crippen LogP contribution is -2.34. The van der Waals surface area contributed by atoms with Gasteiger partial charge in [-0.2, -0.15) is 0 Å². The van der Waals surface area contributed by atoms with Crippen LogP contribution in [0.5, 0.6) is 0 Å². The first-order valence-corrected chi connectivity index (χ1v) is 15.0. The molecule has 1 aromatic heterocycles. The average Bonchev–Trinajstić information content (AvgIpc) is 3.41. The Morgan fingerprint density at radius 2 is 1.52 bits per heavy atom. The van der Waals surface area contributed by atoms with Crippen molar-refractivity contribution in [3.8, 4) is 0 Å². The second kappa shape index (κ2) is 11.6. The van der Waals surface area contributed by atoms with E-state index in [1.165, 1.54) is 28.7 Å². The van der Waals surface area contributed by atoms with Crippen molar-refractivity contribution < 1.29 is 14.0 Å². The summed E-state index contributed by atoms with van der Waals surface area (Å²) in [4.78, 5) is 26.2. The summed E-state index contributed by atoms with van der Waals surface area (Å²) in [7, 11) is 0. The van der Waals surface area contributed by atoms with Gasteiger partial charge in [0.05, 0.1) is 11.3 Å². The fourth-order valence-electron chi connectivity index (χ4n) is 5.65. The second-order valence-corrected chi connectivity index (χ2v) is 13.3. The molecule has 2 amide bonds. The maximum Gasteiger partial charge on any atom is 0.291 e. The number of hydrogen-bond acceptors (Lipinski definition) is 3. The molecule has 1 aliphatic rings. The van der Waals surface area contributed by atoms with Gasteiger partial charge in [-0.05, 0) is 94.8 Å². The number of carbonyl (C=O) groups excluding carboxylic acids is 2. The highest BCUT2D eigenvalue weighted by atomic mass is 35.5. The van der Waals surface area contributed by atoms with Crippen LogP contribution in [-0.4, -0.2) is 11.8 Å². The number of anilines is 1. The Morgan fingerprint density at radius 3 is 2.24 bits per heavy atom. The van der Waals surface area contributed by atoms with E-state index < -0.39 is 5.91 Å². The molecule has 1 aliphatic carbocycles. The van der Waals surface area contributed by atoms with Crippen molar-refractivity contribution in [3.63, 3.8) is 0 Å². The monoisotopic (exact) mass is 602 g/mol. The Balaban J connectivity index is 1.29. The highest BCUT2D eigenvalue weighted by molar-refractivity contribution is 6.35. The molecule has 0 saturated carbocycles. The van der Waals surface area contributed by atoms with E-state index >= 15 is 0 Å². The summed E-state index contributed by atoms with van der Waals surface area (Å²) >= 11 is 12.2. The van der Waals surface area contributed by atoms with Gasteiger partial charge in [0.1, 0.15) is 5.76 Å². The lowest BCUT2D eigenvalue weighted by molar-refractivity contribution is 0.0952. The predicted octanol–water partition coefficient (Wildman–Crippen LogP) is 9.02. The van der Waals surface area contributed by atoms with Crippen LogP contribution in [0.3, 0.4) is 0 Å². The molecule has 5 nitrogen and oxygen atoms in total. The molecular formula is C35H36Cl2N2O3. The summed E-state index contributed by atoms with van der Waals surface area (Å²) in [5, 5.41) is 6.69. The number of fused-ring (bicyclic) bond motifs is 1. The zero-order valence-electron chi connectivity index (χ0n) is 24.7. The third kappa shape index (κ3) is 6.28. The van der Waals surface area contributed by atoms with Gasteiger partial charge in [0.15, 0.2) is 5.76 Å². The van der Waals surface area contributed by atoms with Gasteiger partial charge in [-0.3, -0.25) is 9.59 Å². The van der Waals surface area contributed by atoms with E-state index in [0.29, 0.717) is 33.5 Å². The van der Waals surface area contributed by atoms with Gasteiger partial charge in [-0.1, -0.05) is 81.2 Å². The van der Waals surface area contributed by atoms with E-state index in [9.17, 15) is 9.59 Å². The fourth-order valence-corrected chi connectivity index (χ4v) is 6.13. The minimum absolute atomic E-state index is 0.113. The summed E-state index contributed by atoms with van der Waals surface area (Å²) in [6.45, 7) is 11.7. The number of furan rings is 1. The van der Waals surface area contributed by atoms with Crippen LogP contribution in [-0.2, 0) is 23.8 Å². The third-order valence-corrected chi connectivity index (χ3v) is 9.02. The number of hydrogen-bond donors (Lipinski definition) is 2. The van der Waals surface area contributed by atoms with E-state index in [1.807, 2.05) is 6.07 Å². The molecule has 0 unspecified atom stereocenters. The van der Waals surface area contributed by atoms with Crippen molar-refractivity contribution in [1.29, 1.82) is 0 Å². The molecule has 0 fully saturated rings. The largest absolute Gasteiger partial charge is 0.456 e. The van der Waals surface area contributed by atoms with Crippen LogP contribution < -0.4 is 10.6 Å². The van der Waals surface area contributed by atoms with Crippen molar-refractivity contribution >= 4 is 40.7 Å². The topological polar surface area (TPSA) is 71.3 Å². The SMILES string of the molecule is Cc1cc2c(cc1Cc1ccc(C(=O)Nc3ccccc3C(=O)NCc3ccc(Cl)cc3Cl)o1)C(C)(C)CCC2(C)C. The number of rotatable bonds is 7. The highest BCUT2D eigenvalue weighted by Gasteiger charge is 2.37. The molecule has 0 atom stereocenters. The average molecular weight is 604 g/mol. The summed E-state index contributed by atoms with van der Waals surface area (Å²) in [5.74, 6) is 0.130. The molecule has 0 radical (unpaired) electrons. The summed E-state index contributed by atoms with van der Waals surface area (Å²) < 4.78 is 6.00. The van der Waals surface area contributed by atoms with Crippen LogP contribution in [0, 0.1) is 6.92 Å². The van der Waals surface area contributed by atoms with Gasteiger partial charge in [-0.25, -0.2) is 0 Å². The van der Waals surface area contributed by atoms with Crippen LogP contribution in [0.2, 0.25) is 10.0 Å². The molecule has 1 heterocycles. The predicted molar refractivity (Wildman–Crippen MR) is 170 cm³/mol. The van der Waals surface area contributed by atoms with Crippen LogP contribution in [0.25, 0.3) is 0 Å². The molecule has 7 heteroatoms. The molecular weight excluding hydrogens is 567 g/mol. The molecule has 5 rings (SSSR count). The van der Waals surface area contributed by atoms with Crippen molar-refractivity contribution in [2.24, 2.45) is 0 Å². The normalized spacial score (nSPS) is 15.1. The maximum atomic E-state index is 13.2. The van der Waals surface area contributed by atoms with E-state index in [1.54, 1.807) is 48.5 Å². The Kier molecular flexibility index (Phi) is 8.28. The number of benzene rings is 3. The van der Waals surface area contributed by atoms with Gasteiger partial charge >= 0.3 is 0 Å². The molecule has 42 heavy (non-hydrogen) atoms. The van der Waals surface area contributed by atoms with Gasteiger partial charge in [0, 0.05) is 23.0 Å². The van der Waals surface area contributed by atoms with Crippen molar-refractivity contribution in [2.45, 2.75) is 71.3 Å². The number of aryl methyl sites for hydroxylation is 1. The van der Waals surface area contributed by atoms with E-state index in [4.69, 9.17) is 27.6 Å². The molecule has 3 aromatic carbocycles. The molecule has 0 saturated heterocycles. The van der Waals surface area contributed by atoms with E-state index in [-0.39, 0.29) is 29.0 Å². The summed E-state index contributed by atoms with van der Waals surface area (Å²) in [6, 6.07) is 20.2. The minimum atomic E-state index is -0.424. The van der Waals surface area contributed by atoms with Gasteiger partial charge in [0.25, 0.3) is 11.8 Å². The number of halogens is 2. The van der Waals surface area contributed by atoms with Crippen LogP contribution in [0.15, 0.2) is 71.1 Å². The number of carbonyl (C=O) groups is 2. The Hall–Kier alpha value is -3.54. The molecule has 2 N–H and O–H groups in total. The zero-order chi connectivity index (χ0) is 30.2. The first kappa shape index (κ1) is 29.9. The van der Waals surface area contributed by atoms with Crippen LogP contribution >= 0.6 is 23.2 Å². The summed E-state index contributed by atoms with van der Waals surface area (Å²) in [5.41, 5.74) is 6.97. The maximum absolute atomic E-state index is 13.2. The number of para-hydroxylation sites is 1. The minimum Gasteiger partial charge on any atom is -0.456 e. The molecule has 0 spiro atoms. The van der Waals surface area contributed by atoms with Crippen molar-refractivity contribution in [2.75, 3.05) is 5.32 Å². The Bertz CT molecular complexity index is 1670. The van der Waals surface area contributed by atoms with E-state index in [0.717, 1.165) is 12.0 Å². The van der Waals surface area contributed by atoms with Gasteiger partial charge in [0.2, 0.25) is 0 Å². The number of nitrogens with one attached hydrogen (secondary N) is 2. The second-order valence-electron chi connectivity index (χ2n) is 12.5. The Morgan fingerprint density at radius 1 is 0.833 bits per heavy atom.